The SMILES string of the molecule is Cc1ccc(C)c([C@H](C)NC(=O)C[C@](C)(C(=O)[O-])c2ccccc2)c1. The zero-order valence-electron chi connectivity index (χ0n) is 15.1. The number of hydrogen-bond donors (Lipinski definition) is 1. The molecule has 0 radical (unpaired) electrons. The minimum atomic E-state index is -1.37. The zero-order valence-corrected chi connectivity index (χ0v) is 15.1. The van der Waals surface area contributed by atoms with Gasteiger partial charge in [0.2, 0.25) is 5.91 Å². The summed E-state index contributed by atoms with van der Waals surface area (Å²) in [5.74, 6) is -1.57. The topological polar surface area (TPSA) is 69.2 Å². The quantitative estimate of drug-likeness (QED) is 0.880. The number of carboxylic acid groups (broad SMARTS) is 1. The van der Waals surface area contributed by atoms with Crippen molar-refractivity contribution in [3.8, 4) is 0 Å². The van der Waals surface area contributed by atoms with Gasteiger partial charge in [-0.2, -0.15) is 0 Å². The van der Waals surface area contributed by atoms with Crippen LogP contribution in [0, 0.1) is 13.8 Å². The third kappa shape index (κ3) is 4.27. The Balaban J connectivity index is 2.17. The lowest BCUT2D eigenvalue weighted by atomic mass is 9.79. The molecular weight excluding hydrogens is 314 g/mol. The molecule has 4 heteroatoms. The molecule has 0 fully saturated rings. The number of amides is 1. The van der Waals surface area contributed by atoms with Crippen molar-refractivity contribution >= 4 is 11.9 Å². The standard InChI is InChI=1S/C21H25NO3/c1-14-10-11-15(2)18(12-14)16(3)22-19(23)13-21(4,20(24)25)17-8-6-5-7-9-17/h5-12,16H,13H2,1-4H3,(H,22,23)(H,24,25)/p-1/t16-,21-/m0/s1. The van der Waals surface area contributed by atoms with E-state index in [-0.39, 0.29) is 18.4 Å². The van der Waals surface area contributed by atoms with Gasteiger partial charge >= 0.3 is 0 Å². The van der Waals surface area contributed by atoms with Crippen molar-refractivity contribution in [2.24, 2.45) is 0 Å². The Kier molecular flexibility index (Phi) is 5.62. The predicted octanol–water partition coefficient (Wildman–Crippen LogP) is 2.58. The fraction of sp³-hybridized carbons (Fsp3) is 0.333. The van der Waals surface area contributed by atoms with Crippen LogP contribution in [0.4, 0.5) is 0 Å². The molecule has 2 rings (SSSR count). The third-order valence-electron chi connectivity index (χ3n) is 4.65. The molecular formula is C21H24NO3-. The van der Waals surface area contributed by atoms with Crippen LogP contribution in [-0.2, 0) is 15.0 Å². The third-order valence-corrected chi connectivity index (χ3v) is 4.65. The van der Waals surface area contributed by atoms with Crippen molar-refractivity contribution in [3.05, 3.63) is 70.8 Å². The van der Waals surface area contributed by atoms with Crippen molar-refractivity contribution < 1.29 is 14.7 Å². The molecule has 2 atom stereocenters. The lowest BCUT2D eigenvalue weighted by Crippen LogP contribution is -2.47. The first-order chi connectivity index (χ1) is 11.7. The molecule has 2 aromatic rings. The second-order valence-corrected chi connectivity index (χ2v) is 6.81. The lowest BCUT2D eigenvalue weighted by Gasteiger charge is -2.31. The molecule has 1 N–H and O–H groups in total. The van der Waals surface area contributed by atoms with E-state index in [1.807, 2.05) is 45.0 Å². The number of hydrogen-bond acceptors (Lipinski definition) is 3. The normalized spacial score (nSPS) is 14.4. The maximum atomic E-state index is 12.5. The van der Waals surface area contributed by atoms with Gasteiger partial charge < -0.3 is 15.2 Å². The summed E-state index contributed by atoms with van der Waals surface area (Å²) in [4.78, 5) is 24.2. The van der Waals surface area contributed by atoms with E-state index in [4.69, 9.17) is 0 Å². The first-order valence-electron chi connectivity index (χ1n) is 8.37. The van der Waals surface area contributed by atoms with Crippen LogP contribution in [0.2, 0.25) is 0 Å². The maximum absolute atomic E-state index is 12.5. The summed E-state index contributed by atoms with van der Waals surface area (Å²) >= 11 is 0. The van der Waals surface area contributed by atoms with E-state index in [0.29, 0.717) is 5.56 Å². The molecule has 0 unspecified atom stereocenters. The molecule has 1 amide bonds. The van der Waals surface area contributed by atoms with Gasteiger partial charge in [-0.3, -0.25) is 4.79 Å². The molecule has 0 aliphatic carbocycles. The summed E-state index contributed by atoms with van der Waals surface area (Å²) in [6.07, 6.45) is -0.172. The Bertz CT molecular complexity index is 770. The van der Waals surface area contributed by atoms with E-state index in [1.54, 1.807) is 24.3 Å². The average Bonchev–Trinajstić information content (AvgIpc) is 2.57. The molecule has 0 saturated heterocycles. The number of carboxylic acids is 1. The van der Waals surface area contributed by atoms with Crippen molar-refractivity contribution in [3.63, 3.8) is 0 Å². The van der Waals surface area contributed by atoms with Crippen LogP contribution in [-0.4, -0.2) is 11.9 Å². The molecule has 25 heavy (non-hydrogen) atoms. The van der Waals surface area contributed by atoms with Gasteiger partial charge in [-0.25, -0.2) is 0 Å². The van der Waals surface area contributed by atoms with Crippen molar-refractivity contribution in [2.45, 2.75) is 45.6 Å². The Labute approximate surface area is 148 Å². The smallest absolute Gasteiger partial charge is 0.221 e. The molecule has 0 aromatic heterocycles. The number of nitrogens with one attached hydrogen (secondary N) is 1. The van der Waals surface area contributed by atoms with E-state index in [0.717, 1.165) is 16.7 Å². The Hall–Kier alpha value is -2.62. The minimum absolute atomic E-state index is 0.172. The number of aliphatic carboxylic acids is 1. The van der Waals surface area contributed by atoms with E-state index in [9.17, 15) is 14.7 Å². The van der Waals surface area contributed by atoms with Crippen molar-refractivity contribution in [1.82, 2.24) is 5.32 Å². The van der Waals surface area contributed by atoms with Gasteiger partial charge in [0.15, 0.2) is 0 Å². The molecule has 0 aliphatic heterocycles. The van der Waals surface area contributed by atoms with Crippen LogP contribution in [0.1, 0.15) is 48.6 Å². The van der Waals surface area contributed by atoms with Crippen LogP contribution < -0.4 is 10.4 Å². The summed E-state index contributed by atoms with van der Waals surface area (Å²) in [6, 6.07) is 14.6. The molecule has 132 valence electrons. The molecule has 2 aromatic carbocycles. The van der Waals surface area contributed by atoms with Crippen LogP contribution >= 0.6 is 0 Å². The van der Waals surface area contributed by atoms with E-state index >= 15 is 0 Å². The van der Waals surface area contributed by atoms with Gasteiger partial charge in [0, 0.05) is 11.8 Å². The number of aryl methyl sites for hydroxylation is 2. The van der Waals surface area contributed by atoms with Crippen molar-refractivity contribution in [1.29, 1.82) is 0 Å². The zero-order chi connectivity index (χ0) is 18.6. The van der Waals surface area contributed by atoms with Crippen LogP contribution in [0.3, 0.4) is 0 Å². The number of rotatable bonds is 6. The fourth-order valence-electron chi connectivity index (χ4n) is 3.02. The first-order valence-corrected chi connectivity index (χ1v) is 8.37. The molecule has 0 aliphatic rings. The highest BCUT2D eigenvalue weighted by atomic mass is 16.4. The van der Waals surface area contributed by atoms with E-state index < -0.39 is 11.4 Å². The Morgan fingerprint density at radius 1 is 1.12 bits per heavy atom. The van der Waals surface area contributed by atoms with Gasteiger partial charge in [-0.15, -0.1) is 0 Å². The highest BCUT2D eigenvalue weighted by molar-refractivity contribution is 5.88. The largest absolute Gasteiger partial charge is 0.549 e. The molecule has 4 nitrogen and oxygen atoms in total. The minimum Gasteiger partial charge on any atom is -0.549 e. The Morgan fingerprint density at radius 2 is 1.76 bits per heavy atom. The fourth-order valence-corrected chi connectivity index (χ4v) is 3.02. The van der Waals surface area contributed by atoms with Gasteiger partial charge in [0.1, 0.15) is 0 Å². The van der Waals surface area contributed by atoms with Gasteiger partial charge in [0.25, 0.3) is 0 Å². The Morgan fingerprint density at radius 3 is 2.36 bits per heavy atom. The number of carbonyl (C=O) groups excluding carboxylic acids is 2. The van der Waals surface area contributed by atoms with Crippen LogP contribution in [0.25, 0.3) is 0 Å². The second kappa shape index (κ2) is 7.51. The summed E-state index contributed by atoms with van der Waals surface area (Å²) in [7, 11) is 0. The van der Waals surface area contributed by atoms with Gasteiger partial charge in [-0.05, 0) is 44.4 Å². The average molecular weight is 338 g/mol. The summed E-state index contributed by atoms with van der Waals surface area (Å²) in [5.41, 5.74) is 2.43. The van der Waals surface area contributed by atoms with E-state index in [1.165, 1.54) is 6.92 Å². The van der Waals surface area contributed by atoms with Crippen LogP contribution in [0.5, 0.6) is 0 Å². The first kappa shape index (κ1) is 18.7. The highest BCUT2D eigenvalue weighted by Crippen LogP contribution is 2.28. The summed E-state index contributed by atoms with van der Waals surface area (Å²) < 4.78 is 0. The van der Waals surface area contributed by atoms with Gasteiger partial charge in [-0.1, -0.05) is 54.1 Å². The number of benzene rings is 2. The highest BCUT2D eigenvalue weighted by Gasteiger charge is 2.31. The molecule has 0 heterocycles. The monoisotopic (exact) mass is 338 g/mol. The lowest BCUT2D eigenvalue weighted by molar-refractivity contribution is -0.313. The van der Waals surface area contributed by atoms with E-state index in [2.05, 4.69) is 5.32 Å². The number of carbonyl (C=O) groups is 2. The maximum Gasteiger partial charge on any atom is 0.221 e. The summed E-state index contributed by atoms with van der Waals surface area (Å²) in [5, 5.41) is 14.6. The summed E-state index contributed by atoms with van der Waals surface area (Å²) in [6.45, 7) is 7.42. The second-order valence-electron chi connectivity index (χ2n) is 6.81. The molecule has 0 saturated carbocycles. The predicted molar refractivity (Wildman–Crippen MR) is 95.9 cm³/mol. The molecule has 0 bridgehead atoms. The van der Waals surface area contributed by atoms with Crippen molar-refractivity contribution in [2.75, 3.05) is 0 Å². The van der Waals surface area contributed by atoms with Crippen LogP contribution in [0.15, 0.2) is 48.5 Å². The van der Waals surface area contributed by atoms with Gasteiger partial charge in [0.05, 0.1) is 12.0 Å². The molecule has 0 spiro atoms.